The molecule has 4 N–H and O–H groups in total. The third kappa shape index (κ3) is 5.38. The number of primary sulfonamides is 1. The summed E-state index contributed by atoms with van der Waals surface area (Å²) in [5.41, 5.74) is 5.80. The number of nitrogens with zero attached hydrogens (tertiary/aromatic N) is 2. The lowest BCUT2D eigenvalue weighted by Gasteiger charge is -2.17. The van der Waals surface area contributed by atoms with Gasteiger partial charge in [-0.1, -0.05) is 36.4 Å². The van der Waals surface area contributed by atoms with Crippen LogP contribution in [0, 0.1) is 3.57 Å². The van der Waals surface area contributed by atoms with Gasteiger partial charge in [-0.15, -0.1) is 0 Å². The molecule has 3 aromatic carbocycles. The minimum absolute atomic E-state index is 0.0485. The van der Waals surface area contributed by atoms with Gasteiger partial charge in [0.15, 0.2) is 10.8 Å². The molecular formula is C22H18IN5O3S2. The Bertz CT molecular complexity index is 1380. The highest BCUT2D eigenvalue weighted by molar-refractivity contribution is 14.1. The van der Waals surface area contributed by atoms with Crippen molar-refractivity contribution < 1.29 is 13.2 Å². The fourth-order valence-electron chi connectivity index (χ4n) is 3.33. The molecule has 1 heterocycles. The Kier molecular flexibility index (Phi) is 6.74. The summed E-state index contributed by atoms with van der Waals surface area (Å²) < 4.78 is 24.1. The first-order valence-corrected chi connectivity index (χ1v) is 12.7. The third-order valence-electron chi connectivity index (χ3n) is 4.83. The van der Waals surface area contributed by atoms with E-state index < -0.39 is 10.0 Å². The van der Waals surface area contributed by atoms with Crippen molar-refractivity contribution in [3.63, 3.8) is 0 Å². The van der Waals surface area contributed by atoms with E-state index in [1.165, 1.54) is 18.2 Å². The van der Waals surface area contributed by atoms with Gasteiger partial charge in [0, 0.05) is 14.8 Å². The molecule has 0 saturated carbocycles. The van der Waals surface area contributed by atoms with Gasteiger partial charge in [0.25, 0.3) is 5.91 Å². The topological polar surface area (TPSA) is 117 Å². The standard InChI is InChI=1S/C22H18IN5O3S2/c23-15-9-10-19-18(11-15)20(21(29)28(19)13-14-5-2-1-3-6-14)26-27-22(32)25-16-7-4-8-17(12-16)33(24,30)31/h1-12H,13H2,(H2,24,30,31)(H2,25,27,32). The van der Waals surface area contributed by atoms with Gasteiger partial charge in [0.05, 0.1) is 17.1 Å². The number of sulfonamides is 1. The van der Waals surface area contributed by atoms with Crippen molar-refractivity contribution in [3.8, 4) is 0 Å². The number of thiocarbonyl (C=S) groups is 1. The molecule has 1 amide bonds. The number of hydrogen-bond acceptors (Lipinski definition) is 5. The number of rotatable bonds is 5. The highest BCUT2D eigenvalue weighted by atomic mass is 127. The van der Waals surface area contributed by atoms with E-state index in [4.69, 9.17) is 17.4 Å². The van der Waals surface area contributed by atoms with Gasteiger partial charge in [-0.2, -0.15) is 5.10 Å². The Morgan fingerprint density at radius 3 is 2.55 bits per heavy atom. The Hall–Kier alpha value is -2.87. The lowest BCUT2D eigenvalue weighted by molar-refractivity contribution is -0.112. The second kappa shape index (κ2) is 9.55. The molecule has 0 spiro atoms. The van der Waals surface area contributed by atoms with E-state index in [1.807, 2.05) is 48.5 Å². The molecule has 4 rings (SSSR count). The molecule has 0 atom stereocenters. The molecule has 168 valence electrons. The molecule has 0 radical (unpaired) electrons. The molecule has 0 unspecified atom stereocenters. The van der Waals surface area contributed by atoms with Crippen molar-refractivity contribution in [3.05, 3.63) is 87.5 Å². The highest BCUT2D eigenvalue weighted by Gasteiger charge is 2.34. The van der Waals surface area contributed by atoms with Gasteiger partial charge in [-0.25, -0.2) is 13.6 Å². The van der Waals surface area contributed by atoms with E-state index in [9.17, 15) is 13.2 Å². The van der Waals surface area contributed by atoms with Gasteiger partial charge < -0.3 is 10.2 Å². The summed E-state index contributed by atoms with van der Waals surface area (Å²) in [6.45, 7) is 0.412. The summed E-state index contributed by atoms with van der Waals surface area (Å²) in [7, 11) is -3.85. The maximum Gasteiger partial charge on any atom is 0.279 e. The summed E-state index contributed by atoms with van der Waals surface area (Å²) in [5, 5.41) is 12.4. The van der Waals surface area contributed by atoms with Crippen molar-refractivity contribution in [2.75, 3.05) is 10.2 Å². The average Bonchev–Trinajstić information content (AvgIpc) is 3.03. The predicted octanol–water partition coefficient (Wildman–Crippen LogP) is 3.18. The van der Waals surface area contributed by atoms with Crippen LogP contribution in [0.4, 0.5) is 11.4 Å². The quantitative estimate of drug-likeness (QED) is 0.239. The monoisotopic (exact) mass is 591 g/mol. The SMILES string of the molecule is NS(=O)(=O)c1cccc(NC(=S)NN=C2C(=O)N(Cc3ccccc3)c3ccc(I)cc32)c1. The fourth-order valence-corrected chi connectivity index (χ4v) is 4.55. The molecule has 0 fully saturated rings. The second-order valence-corrected chi connectivity index (χ2v) is 10.4. The van der Waals surface area contributed by atoms with Crippen LogP contribution < -0.4 is 20.8 Å². The van der Waals surface area contributed by atoms with Crippen LogP contribution in [0.5, 0.6) is 0 Å². The Morgan fingerprint density at radius 1 is 1.06 bits per heavy atom. The molecule has 0 aliphatic carbocycles. The van der Waals surface area contributed by atoms with Crippen LogP contribution in [0.25, 0.3) is 0 Å². The Balaban J connectivity index is 1.56. The zero-order chi connectivity index (χ0) is 23.6. The number of carbonyl (C=O) groups excluding carboxylic acids is 1. The van der Waals surface area contributed by atoms with E-state index in [0.29, 0.717) is 17.8 Å². The van der Waals surface area contributed by atoms with E-state index in [1.54, 1.807) is 11.0 Å². The van der Waals surface area contributed by atoms with Crippen LogP contribution in [-0.2, 0) is 21.4 Å². The first-order chi connectivity index (χ1) is 15.7. The molecule has 1 aliphatic rings. The lowest BCUT2D eigenvalue weighted by Crippen LogP contribution is -2.32. The minimum atomic E-state index is -3.85. The zero-order valence-electron chi connectivity index (χ0n) is 17.0. The molecule has 11 heteroatoms. The van der Waals surface area contributed by atoms with Gasteiger partial charge in [-0.3, -0.25) is 10.2 Å². The average molecular weight is 591 g/mol. The summed E-state index contributed by atoms with van der Waals surface area (Å²) in [6, 6.07) is 21.3. The maximum atomic E-state index is 13.2. The number of hydrogen-bond donors (Lipinski definition) is 3. The number of halogens is 1. The number of anilines is 2. The van der Waals surface area contributed by atoms with E-state index in [2.05, 4.69) is 38.4 Å². The van der Waals surface area contributed by atoms with Crippen molar-refractivity contribution in [2.24, 2.45) is 10.2 Å². The number of amides is 1. The maximum absolute atomic E-state index is 13.2. The molecule has 1 aliphatic heterocycles. The summed E-state index contributed by atoms with van der Waals surface area (Å²) >= 11 is 7.45. The molecule has 0 saturated heterocycles. The van der Waals surface area contributed by atoms with Crippen LogP contribution in [0.3, 0.4) is 0 Å². The second-order valence-electron chi connectivity index (χ2n) is 7.14. The van der Waals surface area contributed by atoms with Gasteiger partial charge in [-0.05, 0) is 76.8 Å². The number of benzene rings is 3. The normalized spacial score (nSPS) is 14.3. The van der Waals surface area contributed by atoms with Crippen LogP contribution in [0.1, 0.15) is 11.1 Å². The fraction of sp³-hybridized carbons (Fsp3) is 0.0455. The number of fused-ring (bicyclic) bond motifs is 1. The summed E-state index contributed by atoms with van der Waals surface area (Å²) in [6.07, 6.45) is 0. The zero-order valence-corrected chi connectivity index (χ0v) is 20.8. The Morgan fingerprint density at radius 2 is 1.82 bits per heavy atom. The van der Waals surface area contributed by atoms with Crippen molar-refractivity contribution in [2.45, 2.75) is 11.4 Å². The number of nitrogens with two attached hydrogens (primary N) is 1. The first kappa shape index (κ1) is 23.3. The van der Waals surface area contributed by atoms with Crippen molar-refractivity contribution in [1.29, 1.82) is 0 Å². The Labute approximate surface area is 210 Å². The molecule has 0 aromatic heterocycles. The first-order valence-electron chi connectivity index (χ1n) is 9.65. The van der Waals surface area contributed by atoms with Crippen LogP contribution in [-0.4, -0.2) is 25.1 Å². The number of nitrogens with one attached hydrogen (secondary N) is 2. The van der Waals surface area contributed by atoms with Gasteiger partial charge >= 0.3 is 0 Å². The minimum Gasteiger partial charge on any atom is -0.331 e. The van der Waals surface area contributed by atoms with Crippen molar-refractivity contribution in [1.82, 2.24) is 5.43 Å². The highest BCUT2D eigenvalue weighted by Crippen LogP contribution is 2.32. The molecule has 8 nitrogen and oxygen atoms in total. The summed E-state index contributed by atoms with van der Waals surface area (Å²) in [5.74, 6) is -0.248. The van der Waals surface area contributed by atoms with Crippen molar-refractivity contribution >= 4 is 72.9 Å². The van der Waals surface area contributed by atoms with E-state index in [0.717, 1.165) is 14.8 Å². The van der Waals surface area contributed by atoms with Gasteiger partial charge in [0.2, 0.25) is 10.0 Å². The molecule has 33 heavy (non-hydrogen) atoms. The van der Waals surface area contributed by atoms with Crippen LogP contribution >= 0.6 is 34.8 Å². The van der Waals surface area contributed by atoms with E-state index in [-0.39, 0.29) is 21.6 Å². The lowest BCUT2D eigenvalue weighted by atomic mass is 10.1. The van der Waals surface area contributed by atoms with Crippen LogP contribution in [0.15, 0.2) is 82.8 Å². The largest absolute Gasteiger partial charge is 0.331 e. The molecule has 0 bridgehead atoms. The molecular weight excluding hydrogens is 573 g/mol. The smallest absolute Gasteiger partial charge is 0.279 e. The van der Waals surface area contributed by atoms with E-state index >= 15 is 0 Å². The summed E-state index contributed by atoms with van der Waals surface area (Å²) in [4.78, 5) is 14.8. The number of carbonyl (C=O) groups is 1. The third-order valence-corrected chi connectivity index (χ3v) is 6.60. The van der Waals surface area contributed by atoms with Crippen LogP contribution in [0.2, 0.25) is 0 Å². The number of hydrazone groups is 1. The predicted molar refractivity (Wildman–Crippen MR) is 140 cm³/mol. The molecule has 3 aromatic rings. The van der Waals surface area contributed by atoms with Gasteiger partial charge in [0.1, 0.15) is 0 Å².